The number of aryl methyl sites for hydroxylation is 1. The molecule has 0 atom stereocenters. The quantitative estimate of drug-likeness (QED) is 0.511. The Morgan fingerprint density at radius 3 is 2.53 bits per heavy atom. The number of nitrogens with one attached hydrogen (secondary N) is 1. The van der Waals surface area contributed by atoms with Gasteiger partial charge in [-0.3, -0.25) is 23.5 Å². The first kappa shape index (κ1) is 20.7. The smallest absolute Gasteiger partial charge is 0.339 e. The Bertz CT molecular complexity index is 1250. The van der Waals surface area contributed by atoms with Crippen molar-refractivity contribution < 1.29 is 18.7 Å². The molecule has 0 radical (unpaired) electrons. The third-order valence-corrected chi connectivity index (χ3v) is 4.41. The number of carbonyl (C=O) groups excluding carboxylic acids is 2. The molecule has 1 amide bonds. The first-order chi connectivity index (χ1) is 14.3. The Labute approximate surface area is 170 Å². The lowest BCUT2D eigenvalue weighted by Gasteiger charge is -2.12. The van der Waals surface area contributed by atoms with Crippen molar-refractivity contribution in [1.82, 2.24) is 9.13 Å². The number of amides is 1. The normalized spacial score (nSPS) is 10.5. The second-order valence-electron chi connectivity index (χ2n) is 6.42. The van der Waals surface area contributed by atoms with Crippen LogP contribution in [0.3, 0.4) is 0 Å². The molecule has 0 bridgehead atoms. The first-order valence-electron chi connectivity index (χ1n) is 8.87. The van der Waals surface area contributed by atoms with Crippen LogP contribution in [0.15, 0.2) is 64.4 Å². The highest BCUT2D eigenvalue weighted by Crippen LogP contribution is 2.16. The van der Waals surface area contributed by atoms with Crippen LogP contribution >= 0.6 is 0 Å². The second kappa shape index (κ2) is 8.56. The molecular formula is C21H18FN3O5. The highest BCUT2D eigenvalue weighted by Gasteiger charge is 2.15. The number of esters is 1. The fourth-order valence-corrected chi connectivity index (χ4v) is 2.89. The third-order valence-electron chi connectivity index (χ3n) is 4.41. The maximum Gasteiger partial charge on any atom is 0.339 e. The van der Waals surface area contributed by atoms with Gasteiger partial charge in [-0.05, 0) is 36.8 Å². The predicted molar refractivity (Wildman–Crippen MR) is 107 cm³/mol. The summed E-state index contributed by atoms with van der Waals surface area (Å²) in [5.74, 6) is -1.79. The number of halogens is 1. The summed E-state index contributed by atoms with van der Waals surface area (Å²) >= 11 is 0. The summed E-state index contributed by atoms with van der Waals surface area (Å²) in [4.78, 5) is 49.1. The van der Waals surface area contributed by atoms with E-state index in [9.17, 15) is 23.6 Å². The average Bonchev–Trinajstić information content (AvgIpc) is 2.73. The molecule has 0 spiro atoms. The van der Waals surface area contributed by atoms with Crippen molar-refractivity contribution in [2.45, 2.75) is 13.5 Å². The summed E-state index contributed by atoms with van der Waals surface area (Å²) in [7, 11) is 1.22. The van der Waals surface area contributed by atoms with E-state index >= 15 is 0 Å². The lowest BCUT2D eigenvalue weighted by molar-refractivity contribution is -0.116. The summed E-state index contributed by atoms with van der Waals surface area (Å²) in [5.41, 5.74) is -0.663. The molecule has 0 aliphatic carbocycles. The molecule has 30 heavy (non-hydrogen) atoms. The molecule has 0 aliphatic heterocycles. The Hall–Kier alpha value is -4.01. The van der Waals surface area contributed by atoms with E-state index in [0.29, 0.717) is 5.56 Å². The highest BCUT2D eigenvalue weighted by atomic mass is 19.1. The van der Waals surface area contributed by atoms with Crippen LogP contribution in [0.5, 0.6) is 0 Å². The van der Waals surface area contributed by atoms with Crippen molar-refractivity contribution in [3.05, 3.63) is 92.5 Å². The molecule has 1 aromatic heterocycles. The number of rotatable bonds is 5. The Balaban J connectivity index is 1.87. The SMILES string of the molecule is COC(=O)c1ccccc1NC(=O)Cn1ccn(-c2cc(F)ccc2C)c(=O)c1=O. The lowest BCUT2D eigenvalue weighted by Crippen LogP contribution is -2.41. The summed E-state index contributed by atoms with van der Waals surface area (Å²) < 4.78 is 20.2. The fraction of sp³-hybridized carbons (Fsp3) is 0.143. The van der Waals surface area contributed by atoms with Crippen LogP contribution in [0.25, 0.3) is 5.69 Å². The van der Waals surface area contributed by atoms with E-state index in [-0.39, 0.29) is 16.9 Å². The van der Waals surface area contributed by atoms with E-state index < -0.39 is 35.4 Å². The molecule has 0 saturated heterocycles. The molecule has 0 saturated carbocycles. The van der Waals surface area contributed by atoms with Crippen molar-refractivity contribution in [3.63, 3.8) is 0 Å². The van der Waals surface area contributed by atoms with E-state index in [4.69, 9.17) is 0 Å². The van der Waals surface area contributed by atoms with Gasteiger partial charge in [0.05, 0.1) is 24.0 Å². The van der Waals surface area contributed by atoms with E-state index in [1.54, 1.807) is 19.1 Å². The molecule has 1 heterocycles. The molecule has 8 nitrogen and oxygen atoms in total. The number of hydrogen-bond donors (Lipinski definition) is 1. The molecular weight excluding hydrogens is 393 g/mol. The minimum Gasteiger partial charge on any atom is -0.465 e. The number of ether oxygens (including phenoxy) is 1. The zero-order chi connectivity index (χ0) is 21.8. The minimum absolute atomic E-state index is 0.151. The van der Waals surface area contributed by atoms with Crippen LogP contribution in [0, 0.1) is 12.7 Å². The van der Waals surface area contributed by atoms with Gasteiger partial charge in [-0.2, -0.15) is 0 Å². The van der Waals surface area contributed by atoms with Crippen molar-refractivity contribution in [1.29, 1.82) is 0 Å². The molecule has 3 rings (SSSR count). The van der Waals surface area contributed by atoms with Crippen molar-refractivity contribution in [2.24, 2.45) is 0 Å². The Morgan fingerprint density at radius 2 is 1.80 bits per heavy atom. The van der Waals surface area contributed by atoms with Gasteiger partial charge in [0.15, 0.2) is 0 Å². The largest absolute Gasteiger partial charge is 0.465 e. The monoisotopic (exact) mass is 411 g/mol. The minimum atomic E-state index is -0.947. The molecule has 0 fully saturated rings. The zero-order valence-corrected chi connectivity index (χ0v) is 16.2. The lowest BCUT2D eigenvalue weighted by atomic mass is 10.2. The van der Waals surface area contributed by atoms with Gasteiger partial charge in [0, 0.05) is 12.4 Å². The van der Waals surface area contributed by atoms with Gasteiger partial charge in [-0.1, -0.05) is 18.2 Å². The number of hydrogen-bond acceptors (Lipinski definition) is 5. The topological polar surface area (TPSA) is 99.4 Å². The highest BCUT2D eigenvalue weighted by molar-refractivity contribution is 6.01. The fourth-order valence-electron chi connectivity index (χ4n) is 2.89. The molecule has 154 valence electrons. The van der Waals surface area contributed by atoms with E-state index in [1.165, 1.54) is 43.8 Å². The maximum absolute atomic E-state index is 13.6. The van der Waals surface area contributed by atoms with Gasteiger partial charge in [-0.25, -0.2) is 9.18 Å². The molecule has 0 unspecified atom stereocenters. The van der Waals surface area contributed by atoms with Crippen LogP contribution in [0.2, 0.25) is 0 Å². The number of aromatic nitrogens is 2. The first-order valence-corrected chi connectivity index (χ1v) is 8.87. The number of carbonyl (C=O) groups is 2. The van der Waals surface area contributed by atoms with E-state index in [2.05, 4.69) is 10.1 Å². The van der Waals surface area contributed by atoms with Gasteiger partial charge in [0.1, 0.15) is 12.4 Å². The van der Waals surface area contributed by atoms with Crippen LogP contribution in [-0.4, -0.2) is 28.1 Å². The van der Waals surface area contributed by atoms with Crippen molar-refractivity contribution >= 4 is 17.6 Å². The third kappa shape index (κ3) is 4.19. The van der Waals surface area contributed by atoms with Gasteiger partial charge < -0.3 is 10.1 Å². The van der Waals surface area contributed by atoms with Gasteiger partial charge in [0.25, 0.3) is 0 Å². The summed E-state index contributed by atoms with van der Waals surface area (Å²) in [6.45, 7) is 1.23. The number of benzene rings is 2. The Morgan fingerprint density at radius 1 is 1.07 bits per heavy atom. The van der Waals surface area contributed by atoms with Crippen molar-refractivity contribution in [3.8, 4) is 5.69 Å². The second-order valence-corrected chi connectivity index (χ2v) is 6.42. The molecule has 2 aromatic carbocycles. The standard InChI is InChI=1S/C21H18FN3O5/c1-13-7-8-14(22)11-17(13)25-10-9-24(19(27)20(25)28)12-18(26)23-16-6-4-3-5-15(16)21(29)30-2/h3-11H,12H2,1-2H3,(H,23,26). The van der Waals surface area contributed by atoms with Crippen LogP contribution in [0.1, 0.15) is 15.9 Å². The van der Waals surface area contributed by atoms with Crippen LogP contribution < -0.4 is 16.4 Å². The molecule has 0 aliphatic rings. The van der Waals surface area contributed by atoms with Gasteiger partial charge in [-0.15, -0.1) is 0 Å². The summed E-state index contributed by atoms with van der Waals surface area (Å²) in [6.07, 6.45) is 2.56. The van der Waals surface area contributed by atoms with Crippen molar-refractivity contribution in [2.75, 3.05) is 12.4 Å². The molecule has 1 N–H and O–H groups in total. The van der Waals surface area contributed by atoms with Gasteiger partial charge in [0.2, 0.25) is 5.91 Å². The van der Waals surface area contributed by atoms with Crippen LogP contribution in [-0.2, 0) is 16.1 Å². The van der Waals surface area contributed by atoms with E-state index in [0.717, 1.165) is 15.2 Å². The Kier molecular flexibility index (Phi) is 5.91. The number of anilines is 1. The van der Waals surface area contributed by atoms with Crippen LogP contribution in [0.4, 0.5) is 10.1 Å². The summed E-state index contributed by atoms with van der Waals surface area (Å²) in [5, 5.41) is 2.53. The molecule has 9 heteroatoms. The average molecular weight is 411 g/mol. The molecule has 3 aromatic rings. The maximum atomic E-state index is 13.6. The summed E-state index contributed by atoms with van der Waals surface area (Å²) in [6, 6.07) is 10.1. The van der Waals surface area contributed by atoms with Gasteiger partial charge >= 0.3 is 17.1 Å². The zero-order valence-electron chi connectivity index (χ0n) is 16.2. The predicted octanol–water partition coefficient (Wildman–Crippen LogP) is 1.87. The number of methoxy groups -OCH3 is 1. The number of nitrogens with zero attached hydrogens (tertiary/aromatic N) is 2. The number of para-hydroxylation sites is 1. The van der Waals surface area contributed by atoms with E-state index in [1.807, 2.05) is 0 Å².